The SMILES string of the molecule is O=[N+]([O-])c1ccc(NCCO)c(NS(=O)(=O)C=Cc2ccc(Cl)cc2)c1. The minimum absolute atomic E-state index is 0.00778. The number of halogens is 1. The van der Waals surface area contributed by atoms with E-state index in [0.717, 1.165) is 11.5 Å². The molecule has 2 aromatic carbocycles. The Hall–Kier alpha value is -2.62. The summed E-state index contributed by atoms with van der Waals surface area (Å²) in [5, 5.41) is 24.1. The highest BCUT2D eigenvalue weighted by atomic mass is 35.5. The molecule has 138 valence electrons. The van der Waals surface area contributed by atoms with Crippen molar-refractivity contribution in [1.29, 1.82) is 0 Å². The van der Waals surface area contributed by atoms with Gasteiger partial charge in [0.2, 0.25) is 0 Å². The number of nitro benzene ring substituents is 1. The van der Waals surface area contributed by atoms with E-state index in [-0.39, 0.29) is 24.5 Å². The summed E-state index contributed by atoms with van der Waals surface area (Å²) in [7, 11) is -3.92. The Morgan fingerprint density at radius 1 is 1.15 bits per heavy atom. The van der Waals surface area contributed by atoms with Crippen LogP contribution >= 0.6 is 11.6 Å². The van der Waals surface area contributed by atoms with Crippen molar-refractivity contribution in [2.45, 2.75) is 0 Å². The third kappa shape index (κ3) is 5.73. The van der Waals surface area contributed by atoms with Gasteiger partial charge in [-0.05, 0) is 29.8 Å². The molecule has 0 aromatic heterocycles. The minimum atomic E-state index is -3.92. The molecule has 0 spiro atoms. The summed E-state index contributed by atoms with van der Waals surface area (Å²) in [6.45, 7) is -0.0210. The Kier molecular flexibility index (Phi) is 6.56. The molecule has 0 radical (unpaired) electrons. The van der Waals surface area contributed by atoms with E-state index < -0.39 is 14.9 Å². The van der Waals surface area contributed by atoms with Crippen molar-refractivity contribution in [3.8, 4) is 0 Å². The molecule has 3 N–H and O–H groups in total. The van der Waals surface area contributed by atoms with Gasteiger partial charge in [-0.1, -0.05) is 23.7 Å². The molecular weight excluding hydrogens is 382 g/mol. The summed E-state index contributed by atoms with van der Waals surface area (Å²) in [6.07, 6.45) is 1.37. The van der Waals surface area contributed by atoms with Crippen molar-refractivity contribution in [2.24, 2.45) is 0 Å². The average Bonchev–Trinajstić information content (AvgIpc) is 2.60. The van der Waals surface area contributed by atoms with Crippen molar-refractivity contribution < 1.29 is 18.4 Å². The van der Waals surface area contributed by atoms with Gasteiger partial charge < -0.3 is 10.4 Å². The van der Waals surface area contributed by atoms with Crippen LogP contribution in [0.4, 0.5) is 17.1 Å². The minimum Gasteiger partial charge on any atom is -0.395 e. The quantitative estimate of drug-likeness (QED) is 0.465. The number of benzene rings is 2. The van der Waals surface area contributed by atoms with E-state index in [9.17, 15) is 18.5 Å². The van der Waals surface area contributed by atoms with Crippen LogP contribution in [0.5, 0.6) is 0 Å². The molecule has 8 nitrogen and oxygen atoms in total. The maximum Gasteiger partial charge on any atom is 0.271 e. The van der Waals surface area contributed by atoms with Crippen LogP contribution in [0.15, 0.2) is 47.9 Å². The molecule has 2 aromatic rings. The van der Waals surface area contributed by atoms with Gasteiger partial charge in [0.25, 0.3) is 15.7 Å². The lowest BCUT2D eigenvalue weighted by Crippen LogP contribution is -2.13. The summed E-state index contributed by atoms with van der Waals surface area (Å²) in [4.78, 5) is 10.3. The van der Waals surface area contributed by atoms with E-state index in [4.69, 9.17) is 16.7 Å². The van der Waals surface area contributed by atoms with Gasteiger partial charge in [0.05, 0.1) is 28.3 Å². The molecular formula is C16H16ClN3O5S. The van der Waals surface area contributed by atoms with E-state index in [2.05, 4.69) is 10.0 Å². The molecule has 0 saturated carbocycles. The molecule has 10 heteroatoms. The normalized spacial score (nSPS) is 11.5. The van der Waals surface area contributed by atoms with Crippen LogP contribution in [0.25, 0.3) is 6.08 Å². The van der Waals surface area contributed by atoms with Crippen LogP contribution in [-0.4, -0.2) is 31.6 Å². The zero-order chi connectivity index (χ0) is 19.2. The molecule has 0 aliphatic carbocycles. The molecule has 2 rings (SSSR count). The van der Waals surface area contributed by atoms with E-state index in [1.165, 1.54) is 18.2 Å². The summed E-state index contributed by atoms with van der Waals surface area (Å²) in [5.74, 6) is 0. The zero-order valence-electron chi connectivity index (χ0n) is 13.4. The molecule has 0 heterocycles. The lowest BCUT2D eigenvalue weighted by Gasteiger charge is -2.12. The zero-order valence-corrected chi connectivity index (χ0v) is 15.0. The number of sulfonamides is 1. The summed E-state index contributed by atoms with van der Waals surface area (Å²) >= 11 is 5.77. The van der Waals surface area contributed by atoms with Crippen LogP contribution in [0.2, 0.25) is 5.02 Å². The molecule has 0 atom stereocenters. The second-order valence-electron chi connectivity index (χ2n) is 5.14. The van der Waals surface area contributed by atoms with Gasteiger partial charge in [-0.2, -0.15) is 0 Å². The number of rotatable bonds is 8. The lowest BCUT2D eigenvalue weighted by molar-refractivity contribution is -0.384. The largest absolute Gasteiger partial charge is 0.395 e. The van der Waals surface area contributed by atoms with Crippen molar-refractivity contribution in [3.05, 3.63) is 68.6 Å². The fourth-order valence-corrected chi connectivity index (χ4v) is 3.01. The predicted octanol–water partition coefficient (Wildman–Crippen LogP) is 3.07. The first-order valence-corrected chi connectivity index (χ1v) is 9.33. The van der Waals surface area contributed by atoms with Crippen molar-refractivity contribution in [1.82, 2.24) is 0 Å². The fourth-order valence-electron chi connectivity index (χ4n) is 2.00. The monoisotopic (exact) mass is 397 g/mol. The van der Waals surface area contributed by atoms with Gasteiger partial charge >= 0.3 is 0 Å². The van der Waals surface area contributed by atoms with E-state index in [1.54, 1.807) is 24.3 Å². The highest BCUT2D eigenvalue weighted by molar-refractivity contribution is 7.95. The van der Waals surface area contributed by atoms with Crippen LogP contribution in [-0.2, 0) is 10.0 Å². The van der Waals surface area contributed by atoms with Gasteiger partial charge in [0.15, 0.2) is 0 Å². The number of non-ortho nitro benzene ring substituents is 1. The number of aliphatic hydroxyl groups excluding tert-OH is 1. The van der Waals surface area contributed by atoms with Gasteiger partial charge in [0.1, 0.15) is 0 Å². The van der Waals surface area contributed by atoms with Crippen molar-refractivity contribution >= 4 is 44.8 Å². The molecule has 0 unspecified atom stereocenters. The summed E-state index contributed by atoms with van der Waals surface area (Å²) < 4.78 is 26.8. The lowest BCUT2D eigenvalue weighted by atomic mass is 10.2. The Bertz CT molecular complexity index is 914. The smallest absolute Gasteiger partial charge is 0.271 e. The van der Waals surface area contributed by atoms with Gasteiger partial charge in [-0.3, -0.25) is 14.8 Å². The molecule has 0 amide bonds. The molecule has 0 bridgehead atoms. The van der Waals surface area contributed by atoms with Crippen LogP contribution in [0, 0.1) is 10.1 Å². The molecule has 0 saturated heterocycles. The van der Waals surface area contributed by atoms with Gasteiger partial charge in [-0.25, -0.2) is 8.42 Å². The Morgan fingerprint density at radius 2 is 1.85 bits per heavy atom. The first-order chi connectivity index (χ1) is 12.3. The van der Waals surface area contributed by atoms with Gasteiger partial charge in [0, 0.05) is 23.7 Å². The second kappa shape index (κ2) is 8.65. The van der Waals surface area contributed by atoms with E-state index in [1.807, 2.05) is 0 Å². The molecule has 26 heavy (non-hydrogen) atoms. The maximum absolute atomic E-state index is 12.3. The van der Waals surface area contributed by atoms with Crippen LogP contribution in [0.3, 0.4) is 0 Å². The summed E-state index contributed by atoms with van der Waals surface area (Å²) in [5.41, 5.74) is 0.679. The van der Waals surface area contributed by atoms with Gasteiger partial charge in [-0.15, -0.1) is 0 Å². The number of nitrogens with one attached hydrogen (secondary N) is 2. The Morgan fingerprint density at radius 3 is 2.46 bits per heavy atom. The molecule has 0 aliphatic heterocycles. The third-order valence-corrected chi connectivity index (χ3v) is 4.45. The van der Waals surface area contributed by atoms with Crippen LogP contribution < -0.4 is 10.0 Å². The number of hydrogen-bond acceptors (Lipinski definition) is 6. The summed E-state index contributed by atoms with van der Waals surface area (Å²) in [6, 6.07) is 10.3. The topological polar surface area (TPSA) is 122 Å². The van der Waals surface area contributed by atoms with Crippen molar-refractivity contribution in [3.63, 3.8) is 0 Å². The highest BCUT2D eigenvalue weighted by Crippen LogP contribution is 2.28. The van der Waals surface area contributed by atoms with E-state index in [0.29, 0.717) is 16.3 Å². The average molecular weight is 398 g/mol. The highest BCUT2D eigenvalue weighted by Gasteiger charge is 2.15. The van der Waals surface area contributed by atoms with Crippen LogP contribution in [0.1, 0.15) is 5.56 Å². The first kappa shape index (κ1) is 19.7. The van der Waals surface area contributed by atoms with Crippen molar-refractivity contribution in [2.75, 3.05) is 23.2 Å². The predicted molar refractivity (Wildman–Crippen MR) is 102 cm³/mol. The first-order valence-electron chi connectivity index (χ1n) is 7.40. The van der Waals surface area contributed by atoms with E-state index >= 15 is 0 Å². The number of anilines is 2. The molecule has 0 aliphatic rings. The third-order valence-electron chi connectivity index (χ3n) is 3.20. The number of nitro groups is 1. The number of hydrogen-bond donors (Lipinski definition) is 3. The molecule has 0 fully saturated rings. The fraction of sp³-hybridized carbons (Fsp3) is 0.125. The number of aliphatic hydroxyl groups is 1. The maximum atomic E-state index is 12.3. The Balaban J connectivity index is 2.27. The Labute approximate surface area is 155 Å². The second-order valence-corrected chi connectivity index (χ2v) is 7.14. The number of nitrogens with zero attached hydrogens (tertiary/aromatic N) is 1. The standard InChI is InChI=1S/C16H16ClN3O5S/c17-13-3-1-12(2-4-13)7-10-26(24,25)19-16-11-14(20(22)23)5-6-15(16)18-8-9-21/h1-7,10-11,18-19,21H,8-9H2.